The van der Waals surface area contributed by atoms with Gasteiger partial charge in [0.05, 0.1) is 0 Å². The van der Waals surface area contributed by atoms with E-state index in [0.29, 0.717) is 17.1 Å². The van der Waals surface area contributed by atoms with E-state index in [2.05, 4.69) is 38.7 Å². The zero-order valence-corrected chi connectivity index (χ0v) is 12.7. The fraction of sp³-hybridized carbons (Fsp3) is 0.647. The highest BCUT2D eigenvalue weighted by Gasteiger charge is 2.24. The van der Waals surface area contributed by atoms with Crippen molar-refractivity contribution in [2.45, 2.75) is 46.5 Å². The van der Waals surface area contributed by atoms with E-state index in [1.54, 1.807) is 0 Å². The van der Waals surface area contributed by atoms with E-state index in [0.717, 1.165) is 0 Å². The summed E-state index contributed by atoms with van der Waals surface area (Å²) >= 11 is 0. The van der Waals surface area contributed by atoms with Crippen molar-refractivity contribution < 1.29 is 5.11 Å². The molecule has 0 unspecified atom stereocenters. The monoisotopic (exact) mass is 261 g/mol. The van der Waals surface area contributed by atoms with Gasteiger partial charge in [0.25, 0.3) is 0 Å². The quantitative estimate of drug-likeness (QED) is 0.872. The Hall–Kier alpha value is -1.02. The average Bonchev–Trinajstić information content (AvgIpc) is 2.28. The molecule has 2 nitrogen and oxygen atoms in total. The summed E-state index contributed by atoms with van der Waals surface area (Å²) < 4.78 is 0. The molecule has 1 aromatic carbocycles. The van der Waals surface area contributed by atoms with Gasteiger partial charge >= 0.3 is 0 Å². The second kappa shape index (κ2) is 5.54. The molecular formula is C17H27NO. The van der Waals surface area contributed by atoms with Gasteiger partial charge in [0.1, 0.15) is 5.75 Å². The number of piperidine rings is 1. The van der Waals surface area contributed by atoms with Gasteiger partial charge in [-0.3, -0.25) is 0 Å². The molecule has 2 heteroatoms. The Balaban J connectivity index is 1.96. The molecule has 1 saturated heterocycles. The third-order valence-corrected chi connectivity index (χ3v) is 3.98. The molecule has 0 aliphatic carbocycles. The maximum Gasteiger partial charge on any atom is 0.115 e. The highest BCUT2D eigenvalue weighted by molar-refractivity contribution is 5.36. The Kier molecular flexibility index (Phi) is 4.19. The lowest BCUT2D eigenvalue weighted by Gasteiger charge is -2.36. The summed E-state index contributed by atoms with van der Waals surface area (Å²) in [6.07, 6.45) is 2.48. The van der Waals surface area contributed by atoms with Crippen LogP contribution in [0.2, 0.25) is 0 Å². The minimum absolute atomic E-state index is 0.381. The Morgan fingerprint density at radius 1 is 1.21 bits per heavy atom. The Bertz CT molecular complexity index is 425. The molecule has 0 saturated carbocycles. The van der Waals surface area contributed by atoms with Crippen molar-refractivity contribution in [3.05, 3.63) is 29.3 Å². The molecule has 0 aromatic heterocycles. The number of likely N-dealkylation sites (tertiary alicyclic amines) is 1. The molecule has 1 aliphatic heterocycles. The summed E-state index contributed by atoms with van der Waals surface area (Å²) in [4.78, 5) is 2.59. The van der Waals surface area contributed by atoms with Gasteiger partial charge in [0.15, 0.2) is 0 Å². The van der Waals surface area contributed by atoms with Gasteiger partial charge in [-0.2, -0.15) is 0 Å². The summed E-state index contributed by atoms with van der Waals surface area (Å²) in [6.45, 7) is 12.6. The van der Waals surface area contributed by atoms with Crippen LogP contribution in [0.25, 0.3) is 0 Å². The van der Waals surface area contributed by atoms with Crippen LogP contribution in [0.15, 0.2) is 18.2 Å². The Labute approximate surface area is 117 Å². The number of aryl methyl sites for hydroxylation is 1. The molecule has 1 N–H and O–H groups in total. The maximum absolute atomic E-state index is 9.50. The Morgan fingerprint density at radius 3 is 2.37 bits per heavy atom. The van der Waals surface area contributed by atoms with E-state index in [1.165, 1.54) is 43.6 Å². The molecule has 0 bridgehead atoms. The maximum atomic E-state index is 9.50. The molecule has 2 rings (SSSR count). The van der Waals surface area contributed by atoms with Gasteiger partial charge in [-0.1, -0.05) is 26.8 Å². The molecule has 0 spiro atoms. The molecule has 1 aliphatic rings. The van der Waals surface area contributed by atoms with Crippen LogP contribution < -0.4 is 0 Å². The van der Waals surface area contributed by atoms with Gasteiger partial charge in [-0.15, -0.1) is 0 Å². The molecular weight excluding hydrogens is 234 g/mol. The number of hydrogen-bond acceptors (Lipinski definition) is 2. The van der Waals surface area contributed by atoms with E-state index in [4.69, 9.17) is 0 Å². The zero-order chi connectivity index (χ0) is 14.0. The van der Waals surface area contributed by atoms with Gasteiger partial charge in [0, 0.05) is 6.54 Å². The summed E-state index contributed by atoms with van der Waals surface area (Å²) in [5.41, 5.74) is 3.05. The van der Waals surface area contributed by atoms with E-state index < -0.39 is 0 Å². The lowest BCUT2D eigenvalue weighted by molar-refractivity contribution is 0.154. The van der Waals surface area contributed by atoms with Gasteiger partial charge in [0.2, 0.25) is 0 Å². The van der Waals surface area contributed by atoms with Crippen molar-refractivity contribution in [3.8, 4) is 5.75 Å². The van der Waals surface area contributed by atoms with Crippen LogP contribution in [0.5, 0.6) is 5.75 Å². The van der Waals surface area contributed by atoms with Crippen LogP contribution in [0.4, 0.5) is 0 Å². The molecule has 1 fully saturated rings. The number of hydrogen-bond donors (Lipinski definition) is 1. The molecule has 1 aromatic rings. The number of phenols is 1. The first-order chi connectivity index (χ1) is 8.85. The first-order valence-electron chi connectivity index (χ1n) is 7.37. The molecule has 19 heavy (non-hydrogen) atoms. The van der Waals surface area contributed by atoms with Crippen LogP contribution in [0.3, 0.4) is 0 Å². The lowest BCUT2D eigenvalue weighted by Crippen LogP contribution is -2.38. The van der Waals surface area contributed by atoms with E-state index in [9.17, 15) is 5.11 Å². The molecule has 106 valence electrons. The van der Waals surface area contributed by atoms with Gasteiger partial charge in [-0.25, -0.2) is 0 Å². The summed E-state index contributed by atoms with van der Waals surface area (Å²) in [5, 5.41) is 9.50. The number of rotatable bonds is 2. The van der Waals surface area contributed by atoms with Crippen molar-refractivity contribution in [1.82, 2.24) is 4.90 Å². The van der Waals surface area contributed by atoms with E-state index in [1.807, 2.05) is 12.1 Å². The lowest BCUT2D eigenvalue weighted by atomic mass is 9.85. The number of benzene rings is 1. The largest absolute Gasteiger partial charge is 0.508 e. The van der Waals surface area contributed by atoms with Crippen molar-refractivity contribution in [2.75, 3.05) is 19.6 Å². The third-order valence-electron chi connectivity index (χ3n) is 3.98. The first-order valence-corrected chi connectivity index (χ1v) is 7.37. The van der Waals surface area contributed by atoms with E-state index >= 15 is 0 Å². The van der Waals surface area contributed by atoms with Crippen molar-refractivity contribution in [2.24, 2.45) is 5.41 Å². The van der Waals surface area contributed by atoms with Crippen molar-refractivity contribution >= 4 is 0 Å². The van der Waals surface area contributed by atoms with Crippen molar-refractivity contribution in [3.63, 3.8) is 0 Å². The second-order valence-corrected chi connectivity index (χ2v) is 7.15. The standard InChI is InChI=1S/C17H27NO/c1-13-11-15(19)5-6-16(13)14-7-9-18(10-8-14)12-17(2,3)4/h5-6,11,14,19H,7-10,12H2,1-4H3. The highest BCUT2D eigenvalue weighted by Crippen LogP contribution is 2.32. The molecule has 1 heterocycles. The fourth-order valence-electron chi connectivity index (χ4n) is 3.19. The molecule has 0 atom stereocenters. The van der Waals surface area contributed by atoms with Crippen LogP contribution >= 0.6 is 0 Å². The fourth-order valence-corrected chi connectivity index (χ4v) is 3.19. The second-order valence-electron chi connectivity index (χ2n) is 7.15. The minimum Gasteiger partial charge on any atom is -0.508 e. The summed E-state index contributed by atoms with van der Waals surface area (Å²) in [7, 11) is 0. The number of nitrogens with zero attached hydrogens (tertiary/aromatic N) is 1. The topological polar surface area (TPSA) is 23.5 Å². The van der Waals surface area contributed by atoms with Gasteiger partial charge < -0.3 is 10.0 Å². The van der Waals surface area contributed by atoms with Crippen molar-refractivity contribution in [1.29, 1.82) is 0 Å². The Morgan fingerprint density at radius 2 is 1.84 bits per heavy atom. The smallest absolute Gasteiger partial charge is 0.115 e. The molecule has 0 radical (unpaired) electrons. The normalized spacial score (nSPS) is 18.7. The predicted molar refractivity (Wildman–Crippen MR) is 80.7 cm³/mol. The van der Waals surface area contributed by atoms with Crippen LogP contribution in [0, 0.1) is 12.3 Å². The van der Waals surface area contributed by atoms with Gasteiger partial charge in [-0.05, 0) is 67.4 Å². The highest BCUT2D eigenvalue weighted by atomic mass is 16.3. The number of phenolic OH excluding ortho intramolecular Hbond substituents is 1. The minimum atomic E-state index is 0.381. The van der Waals surface area contributed by atoms with Crippen LogP contribution in [0.1, 0.15) is 50.7 Å². The summed E-state index contributed by atoms with van der Waals surface area (Å²) in [6, 6.07) is 5.81. The van der Waals surface area contributed by atoms with Crippen LogP contribution in [-0.2, 0) is 0 Å². The predicted octanol–water partition coefficient (Wildman–Crippen LogP) is 3.93. The van der Waals surface area contributed by atoms with E-state index in [-0.39, 0.29) is 0 Å². The average molecular weight is 261 g/mol. The summed E-state index contributed by atoms with van der Waals surface area (Å²) in [5.74, 6) is 1.04. The molecule has 0 amide bonds. The zero-order valence-electron chi connectivity index (χ0n) is 12.7. The SMILES string of the molecule is Cc1cc(O)ccc1C1CCN(CC(C)(C)C)CC1. The van der Waals surface area contributed by atoms with Crippen LogP contribution in [-0.4, -0.2) is 29.6 Å². The number of aromatic hydroxyl groups is 1. The third kappa shape index (κ3) is 3.97. The first kappa shape index (κ1) is 14.4.